The fraction of sp³-hybridized carbons (Fsp3) is 0.323. The molecule has 2 aromatic heterocycles. The van der Waals surface area contributed by atoms with E-state index in [1.807, 2.05) is 20.8 Å². The molecule has 0 unspecified atom stereocenters. The summed E-state index contributed by atoms with van der Waals surface area (Å²) >= 11 is 0. The Labute approximate surface area is 240 Å². The number of phenols is 1. The van der Waals surface area contributed by atoms with Crippen LogP contribution in [0.15, 0.2) is 64.3 Å². The van der Waals surface area contributed by atoms with Crippen LogP contribution in [0.25, 0.3) is 27.8 Å². The zero-order valence-corrected chi connectivity index (χ0v) is 23.5. The molecule has 0 atom stereocenters. The normalized spacial score (nSPS) is 17.2. The Morgan fingerprint density at radius 3 is 2.43 bits per heavy atom. The Kier molecular flexibility index (Phi) is 7.44. The van der Waals surface area contributed by atoms with Crippen LogP contribution in [-0.4, -0.2) is 53.2 Å². The lowest BCUT2D eigenvalue weighted by molar-refractivity contribution is 0.0506. The number of hydrogen-bond donors (Lipinski definition) is 2. The summed E-state index contributed by atoms with van der Waals surface area (Å²) in [6, 6.07) is 11.4. The van der Waals surface area contributed by atoms with Gasteiger partial charge in [-0.05, 0) is 94.0 Å². The summed E-state index contributed by atoms with van der Waals surface area (Å²) in [5.41, 5.74) is -0.258. The number of carbonyl (C=O) groups excluding carboxylic acids is 1. The molecule has 2 heterocycles. The largest absolute Gasteiger partial charge is 0.508 e. The molecular weight excluding hydrogens is 543 g/mol. The van der Waals surface area contributed by atoms with Crippen molar-refractivity contribution in [2.24, 2.45) is 0 Å². The van der Waals surface area contributed by atoms with E-state index < -0.39 is 34.7 Å². The van der Waals surface area contributed by atoms with Gasteiger partial charge < -0.3 is 15.1 Å². The van der Waals surface area contributed by atoms with Gasteiger partial charge >= 0.3 is 11.8 Å². The summed E-state index contributed by atoms with van der Waals surface area (Å²) in [4.78, 5) is 57.0. The second-order valence-corrected chi connectivity index (χ2v) is 11.5. The molecule has 0 aliphatic heterocycles. The van der Waals surface area contributed by atoms with Crippen LogP contribution < -0.4 is 11.2 Å². The van der Waals surface area contributed by atoms with E-state index in [-0.39, 0.29) is 28.4 Å². The summed E-state index contributed by atoms with van der Waals surface area (Å²) in [5, 5.41) is 19.6. The first-order valence-electron chi connectivity index (χ1n) is 13.6. The number of carbonyl (C=O) groups is 2. The van der Waals surface area contributed by atoms with Gasteiger partial charge in [0, 0.05) is 23.2 Å². The zero-order chi connectivity index (χ0) is 30.3. The molecule has 1 aliphatic carbocycles. The Morgan fingerprint density at radius 2 is 1.79 bits per heavy atom. The van der Waals surface area contributed by atoms with Crippen molar-refractivity contribution in [3.8, 4) is 22.6 Å². The Hall–Kier alpha value is -4.80. The van der Waals surface area contributed by atoms with Gasteiger partial charge in [0.25, 0.3) is 5.56 Å². The lowest BCUT2D eigenvalue weighted by Crippen LogP contribution is -2.53. The number of rotatable bonds is 5. The molecule has 11 heteroatoms. The van der Waals surface area contributed by atoms with E-state index in [0.717, 1.165) is 16.8 Å². The predicted octanol–water partition coefficient (Wildman–Crippen LogP) is 5.13. The standard InChI is InChI=1S/C31H31FN4O6/c1-31(2,3)36(30(41)42)22-9-7-21(8-10-22)35-28(39)26-15-20(32)16-33-27(26)34(29(35)40)23-6-4-5-18(13-23)25-12-11-24(38)14-19(25)17-37/h4-6,11-17,21-22,38H,7-10H2,1-3H3,(H,41,42). The van der Waals surface area contributed by atoms with Gasteiger partial charge in [-0.3, -0.25) is 14.2 Å². The van der Waals surface area contributed by atoms with Crippen molar-refractivity contribution >= 4 is 23.4 Å². The number of halogens is 1. The van der Waals surface area contributed by atoms with Crippen LogP contribution in [0.2, 0.25) is 0 Å². The number of pyridine rings is 1. The molecule has 1 fully saturated rings. The molecule has 1 aliphatic rings. The molecule has 0 bridgehead atoms. The topological polar surface area (TPSA) is 135 Å². The lowest BCUT2D eigenvalue weighted by Gasteiger charge is -2.42. The molecule has 42 heavy (non-hydrogen) atoms. The summed E-state index contributed by atoms with van der Waals surface area (Å²) in [6.07, 6.45) is 2.19. The number of carboxylic acid groups (broad SMARTS) is 1. The molecule has 0 saturated heterocycles. The quantitative estimate of drug-likeness (QED) is 0.316. The van der Waals surface area contributed by atoms with Crippen LogP contribution in [0.3, 0.4) is 0 Å². The summed E-state index contributed by atoms with van der Waals surface area (Å²) < 4.78 is 16.7. The summed E-state index contributed by atoms with van der Waals surface area (Å²) in [7, 11) is 0. The lowest BCUT2D eigenvalue weighted by atomic mass is 9.88. The van der Waals surface area contributed by atoms with Gasteiger partial charge in [-0.1, -0.05) is 12.1 Å². The molecule has 218 valence electrons. The number of benzene rings is 2. The first-order valence-corrected chi connectivity index (χ1v) is 13.6. The average Bonchev–Trinajstić information content (AvgIpc) is 2.93. The van der Waals surface area contributed by atoms with Gasteiger partial charge in [0.2, 0.25) is 0 Å². The highest BCUT2D eigenvalue weighted by molar-refractivity contribution is 5.88. The van der Waals surface area contributed by atoms with Crippen molar-refractivity contribution in [2.75, 3.05) is 0 Å². The number of fused-ring (bicyclic) bond motifs is 1. The molecule has 1 saturated carbocycles. The van der Waals surface area contributed by atoms with Crippen molar-refractivity contribution < 1.29 is 24.2 Å². The Morgan fingerprint density at radius 1 is 1.07 bits per heavy atom. The third-order valence-electron chi connectivity index (χ3n) is 7.79. The molecule has 10 nitrogen and oxygen atoms in total. The van der Waals surface area contributed by atoms with Gasteiger partial charge in [0.05, 0.1) is 17.3 Å². The Balaban J connectivity index is 1.63. The number of aromatic hydroxyl groups is 1. The van der Waals surface area contributed by atoms with E-state index >= 15 is 0 Å². The second-order valence-electron chi connectivity index (χ2n) is 11.5. The van der Waals surface area contributed by atoms with Gasteiger partial charge in [0.15, 0.2) is 11.9 Å². The van der Waals surface area contributed by atoms with E-state index in [2.05, 4.69) is 4.98 Å². The number of nitrogens with zero attached hydrogens (tertiary/aromatic N) is 4. The van der Waals surface area contributed by atoms with Crippen molar-refractivity contribution in [3.05, 3.63) is 86.9 Å². The number of amides is 1. The summed E-state index contributed by atoms with van der Waals surface area (Å²) in [6.45, 7) is 5.47. The zero-order valence-electron chi connectivity index (χ0n) is 23.5. The molecule has 4 aromatic rings. The maximum absolute atomic E-state index is 14.3. The van der Waals surface area contributed by atoms with Gasteiger partial charge in [-0.25, -0.2) is 23.5 Å². The molecule has 1 amide bonds. The van der Waals surface area contributed by atoms with Crippen LogP contribution in [0.1, 0.15) is 62.9 Å². The van der Waals surface area contributed by atoms with Crippen LogP contribution in [0, 0.1) is 5.82 Å². The first kappa shape index (κ1) is 28.7. The molecule has 2 N–H and O–H groups in total. The van der Waals surface area contributed by atoms with Crippen LogP contribution in [-0.2, 0) is 0 Å². The fourth-order valence-electron chi connectivity index (χ4n) is 6.03. The van der Waals surface area contributed by atoms with Gasteiger partial charge in [0.1, 0.15) is 11.6 Å². The van der Waals surface area contributed by atoms with Crippen molar-refractivity contribution in [2.45, 2.75) is 64.1 Å². The minimum Gasteiger partial charge on any atom is -0.508 e. The maximum Gasteiger partial charge on any atom is 0.407 e. The van der Waals surface area contributed by atoms with Gasteiger partial charge in [-0.2, -0.15) is 0 Å². The number of aldehydes is 1. The highest BCUT2D eigenvalue weighted by Crippen LogP contribution is 2.34. The van der Waals surface area contributed by atoms with E-state index in [9.17, 15) is 33.8 Å². The average molecular weight is 575 g/mol. The van der Waals surface area contributed by atoms with E-state index in [0.29, 0.717) is 48.8 Å². The molecule has 5 rings (SSSR count). The fourth-order valence-corrected chi connectivity index (χ4v) is 6.03. The van der Waals surface area contributed by atoms with Crippen LogP contribution in [0.4, 0.5) is 9.18 Å². The third kappa shape index (κ3) is 5.17. The minimum atomic E-state index is -1.02. The smallest absolute Gasteiger partial charge is 0.407 e. The highest BCUT2D eigenvalue weighted by Gasteiger charge is 2.37. The van der Waals surface area contributed by atoms with E-state index in [1.165, 1.54) is 21.6 Å². The number of aromatic nitrogens is 3. The van der Waals surface area contributed by atoms with Crippen molar-refractivity contribution in [3.63, 3.8) is 0 Å². The van der Waals surface area contributed by atoms with Crippen molar-refractivity contribution in [1.82, 2.24) is 19.0 Å². The third-order valence-corrected chi connectivity index (χ3v) is 7.79. The van der Waals surface area contributed by atoms with E-state index in [1.54, 1.807) is 30.3 Å². The maximum atomic E-state index is 14.3. The predicted molar refractivity (Wildman–Crippen MR) is 155 cm³/mol. The first-order chi connectivity index (χ1) is 19.9. The molecule has 2 aromatic carbocycles. The Bertz CT molecular complexity index is 1820. The highest BCUT2D eigenvalue weighted by atomic mass is 19.1. The second kappa shape index (κ2) is 10.9. The number of hydrogen-bond acceptors (Lipinski definition) is 6. The minimum absolute atomic E-state index is 0.0143. The summed E-state index contributed by atoms with van der Waals surface area (Å²) in [5.74, 6) is -0.794. The molecular formula is C31H31FN4O6. The number of phenolic OH excluding ortho intramolecular Hbond substituents is 1. The van der Waals surface area contributed by atoms with Crippen molar-refractivity contribution in [1.29, 1.82) is 0 Å². The van der Waals surface area contributed by atoms with Crippen LogP contribution in [0.5, 0.6) is 5.75 Å². The molecule has 0 radical (unpaired) electrons. The van der Waals surface area contributed by atoms with E-state index in [4.69, 9.17) is 0 Å². The molecule has 0 spiro atoms. The SMILES string of the molecule is CC(C)(C)N(C(=O)O)C1CCC(n2c(=O)c3cc(F)cnc3n(-c3cccc(-c4ccc(O)cc4C=O)c3)c2=O)CC1. The monoisotopic (exact) mass is 574 g/mol. The van der Waals surface area contributed by atoms with Crippen LogP contribution >= 0.6 is 0 Å². The van der Waals surface area contributed by atoms with Gasteiger partial charge in [-0.15, -0.1) is 0 Å².